The molecule has 0 amide bonds. The smallest absolute Gasteiger partial charge is 0.352 e. The second-order valence-electron chi connectivity index (χ2n) is 5.23. The SMILES string of the molecule is COCCn1c(C(=O)O)cc2sc3c(c2c1=O)CCCC3. The molecule has 0 atom stereocenters. The highest BCUT2D eigenvalue weighted by Crippen LogP contribution is 2.35. The number of carboxylic acids is 1. The van der Waals surface area contributed by atoms with Gasteiger partial charge in [-0.25, -0.2) is 4.79 Å². The number of aromatic nitrogens is 1. The standard InChI is InChI=1S/C15H17NO4S/c1-20-7-6-16-10(15(18)19)8-12-13(14(16)17)9-4-2-3-5-11(9)21-12/h8H,2-7H2,1H3,(H,18,19). The van der Waals surface area contributed by atoms with E-state index in [0.29, 0.717) is 6.61 Å². The van der Waals surface area contributed by atoms with Gasteiger partial charge in [0.1, 0.15) is 5.69 Å². The molecule has 0 spiro atoms. The van der Waals surface area contributed by atoms with Crippen molar-refractivity contribution in [1.82, 2.24) is 4.57 Å². The number of hydrogen-bond donors (Lipinski definition) is 1. The number of thiophene rings is 1. The molecule has 1 aliphatic rings. The van der Waals surface area contributed by atoms with Crippen molar-refractivity contribution in [3.63, 3.8) is 0 Å². The number of methoxy groups -OCH3 is 1. The fourth-order valence-corrected chi connectivity index (χ4v) is 4.27. The van der Waals surface area contributed by atoms with Crippen LogP contribution in [0.3, 0.4) is 0 Å². The lowest BCUT2D eigenvalue weighted by Crippen LogP contribution is -2.28. The lowest BCUT2D eigenvalue weighted by Gasteiger charge is -2.12. The third kappa shape index (κ3) is 2.38. The predicted molar refractivity (Wildman–Crippen MR) is 81.6 cm³/mol. The fourth-order valence-electron chi connectivity index (χ4n) is 2.95. The van der Waals surface area contributed by atoms with Crippen LogP contribution in [0.15, 0.2) is 10.9 Å². The molecule has 0 saturated carbocycles. The second-order valence-corrected chi connectivity index (χ2v) is 6.37. The number of rotatable bonds is 4. The Bertz CT molecular complexity index is 759. The van der Waals surface area contributed by atoms with Crippen molar-refractivity contribution in [3.8, 4) is 0 Å². The summed E-state index contributed by atoms with van der Waals surface area (Å²) in [6, 6.07) is 1.64. The molecule has 0 radical (unpaired) electrons. The molecule has 0 aliphatic heterocycles. The Hall–Kier alpha value is -1.66. The van der Waals surface area contributed by atoms with Gasteiger partial charge in [-0.05, 0) is 37.3 Å². The molecule has 0 fully saturated rings. The maximum atomic E-state index is 12.7. The molecule has 6 heteroatoms. The van der Waals surface area contributed by atoms with E-state index < -0.39 is 5.97 Å². The Labute approximate surface area is 125 Å². The van der Waals surface area contributed by atoms with Gasteiger partial charge in [0.05, 0.1) is 12.0 Å². The molecule has 0 saturated heterocycles. The van der Waals surface area contributed by atoms with Gasteiger partial charge in [-0.3, -0.25) is 9.36 Å². The lowest BCUT2D eigenvalue weighted by atomic mass is 9.96. The third-order valence-electron chi connectivity index (χ3n) is 3.95. The van der Waals surface area contributed by atoms with Crippen molar-refractivity contribution in [1.29, 1.82) is 0 Å². The number of nitrogens with zero attached hydrogens (tertiary/aromatic N) is 1. The summed E-state index contributed by atoms with van der Waals surface area (Å²) in [5.41, 5.74) is 0.985. The first kappa shape index (κ1) is 14.3. The molecule has 112 valence electrons. The zero-order valence-corrected chi connectivity index (χ0v) is 12.7. The summed E-state index contributed by atoms with van der Waals surface area (Å²) in [7, 11) is 1.54. The van der Waals surface area contributed by atoms with E-state index in [1.54, 1.807) is 17.4 Å². The van der Waals surface area contributed by atoms with Crippen LogP contribution in [0.5, 0.6) is 0 Å². The van der Waals surface area contributed by atoms with Crippen LogP contribution in [-0.2, 0) is 24.1 Å². The number of ether oxygens (including phenoxy) is 1. The van der Waals surface area contributed by atoms with Crippen molar-refractivity contribution in [2.75, 3.05) is 13.7 Å². The molecule has 3 rings (SSSR count). The Morgan fingerprint density at radius 3 is 2.90 bits per heavy atom. The number of pyridine rings is 1. The van der Waals surface area contributed by atoms with Crippen LogP contribution in [0, 0.1) is 0 Å². The highest BCUT2D eigenvalue weighted by atomic mass is 32.1. The van der Waals surface area contributed by atoms with Crippen LogP contribution in [0.1, 0.15) is 33.8 Å². The van der Waals surface area contributed by atoms with Crippen molar-refractivity contribution < 1.29 is 14.6 Å². The Balaban J connectivity index is 2.27. The normalized spacial score (nSPS) is 14.3. The van der Waals surface area contributed by atoms with Crippen LogP contribution in [-0.4, -0.2) is 29.4 Å². The molecule has 21 heavy (non-hydrogen) atoms. The first-order chi connectivity index (χ1) is 10.1. The van der Waals surface area contributed by atoms with Gasteiger partial charge in [-0.2, -0.15) is 0 Å². The summed E-state index contributed by atoms with van der Waals surface area (Å²) in [5.74, 6) is -1.07. The second kappa shape index (κ2) is 5.61. The van der Waals surface area contributed by atoms with Gasteiger partial charge < -0.3 is 9.84 Å². The van der Waals surface area contributed by atoms with Gasteiger partial charge in [0.25, 0.3) is 5.56 Å². The average Bonchev–Trinajstić information content (AvgIpc) is 2.84. The van der Waals surface area contributed by atoms with E-state index in [2.05, 4.69) is 0 Å². The average molecular weight is 307 g/mol. The maximum absolute atomic E-state index is 12.7. The predicted octanol–water partition coefficient (Wildman–Crippen LogP) is 2.29. The number of fused-ring (bicyclic) bond motifs is 3. The molecule has 1 aliphatic carbocycles. The molecule has 0 aromatic carbocycles. The molecule has 2 aromatic rings. The molecule has 5 nitrogen and oxygen atoms in total. The highest BCUT2D eigenvalue weighted by molar-refractivity contribution is 7.19. The first-order valence-electron chi connectivity index (χ1n) is 7.03. The van der Waals surface area contributed by atoms with Crippen molar-refractivity contribution >= 4 is 27.4 Å². The number of carboxylic acid groups (broad SMARTS) is 1. The minimum Gasteiger partial charge on any atom is -0.477 e. The highest BCUT2D eigenvalue weighted by Gasteiger charge is 2.22. The molecular formula is C15H17NO4S. The summed E-state index contributed by atoms with van der Waals surface area (Å²) in [6.45, 7) is 0.579. The van der Waals surface area contributed by atoms with E-state index >= 15 is 0 Å². The van der Waals surface area contributed by atoms with Crippen LogP contribution in [0.2, 0.25) is 0 Å². The van der Waals surface area contributed by atoms with Gasteiger partial charge in [-0.15, -0.1) is 11.3 Å². The van der Waals surface area contributed by atoms with E-state index in [9.17, 15) is 14.7 Å². The van der Waals surface area contributed by atoms with E-state index in [-0.39, 0.29) is 17.8 Å². The Morgan fingerprint density at radius 1 is 1.43 bits per heavy atom. The van der Waals surface area contributed by atoms with Crippen LogP contribution >= 0.6 is 11.3 Å². The van der Waals surface area contributed by atoms with Gasteiger partial charge in [-0.1, -0.05) is 0 Å². The number of aromatic carboxylic acids is 1. The van der Waals surface area contributed by atoms with E-state index in [4.69, 9.17) is 4.74 Å². The number of aryl methyl sites for hydroxylation is 2. The fraction of sp³-hybridized carbons (Fsp3) is 0.467. The summed E-state index contributed by atoms with van der Waals surface area (Å²) < 4.78 is 7.12. The number of hydrogen-bond acceptors (Lipinski definition) is 4. The van der Waals surface area contributed by atoms with Crippen molar-refractivity contribution in [3.05, 3.63) is 32.6 Å². The van der Waals surface area contributed by atoms with E-state index in [1.807, 2.05) is 0 Å². The zero-order valence-electron chi connectivity index (χ0n) is 11.8. The van der Waals surface area contributed by atoms with Gasteiger partial charge in [0.15, 0.2) is 0 Å². The summed E-state index contributed by atoms with van der Waals surface area (Å²) in [5, 5.41) is 10.1. The Kier molecular flexibility index (Phi) is 3.82. The van der Waals surface area contributed by atoms with Crippen LogP contribution in [0.25, 0.3) is 10.1 Å². The monoisotopic (exact) mass is 307 g/mol. The van der Waals surface area contributed by atoms with Crippen LogP contribution in [0.4, 0.5) is 0 Å². The van der Waals surface area contributed by atoms with Crippen LogP contribution < -0.4 is 5.56 Å². The van der Waals surface area contributed by atoms with E-state index in [1.165, 1.54) is 16.6 Å². The molecular weight excluding hydrogens is 290 g/mol. The molecule has 1 N–H and O–H groups in total. The van der Waals surface area contributed by atoms with Gasteiger partial charge >= 0.3 is 5.97 Å². The first-order valence-corrected chi connectivity index (χ1v) is 7.85. The van der Waals surface area contributed by atoms with Crippen molar-refractivity contribution in [2.24, 2.45) is 0 Å². The largest absolute Gasteiger partial charge is 0.477 e. The molecule has 0 bridgehead atoms. The topological polar surface area (TPSA) is 68.5 Å². The minimum atomic E-state index is -1.07. The van der Waals surface area contributed by atoms with Gasteiger partial charge in [0, 0.05) is 23.2 Å². The molecule has 2 aromatic heterocycles. The molecule has 0 unspecified atom stereocenters. The van der Waals surface area contributed by atoms with Gasteiger partial charge in [0.2, 0.25) is 0 Å². The lowest BCUT2D eigenvalue weighted by molar-refractivity contribution is 0.0681. The van der Waals surface area contributed by atoms with E-state index in [0.717, 1.165) is 41.3 Å². The summed E-state index contributed by atoms with van der Waals surface area (Å²) in [4.78, 5) is 25.4. The summed E-state index contributed by atoms with van der Waals surface area (Å²) in [6.07, 6.45) is 4.15. The number of carbonyl (C=O) groups is 1. The third-order valence-corrected chi connectivity index (χ3v) is 5.19. The summed E-state index contributed by atoms with van der Waals surface area (Å²) >= 11 is 1.57. The zero-order chi connectivity index (χ0) is 15.0. The quantitative estimate of drug-likeness (QED) is 0.941. The minimum absolute atomic E-state index is 0.0446. The Morgan fingerprint density at radius 2 is 2.19 bits per heavy atom. The molecule has 2 heterocycles. The maximum Gasteiger partial charge on any atom is 0.352 e. The van der Waals surface area contributed by atoms with Crippen molar-refractivity contribution in [2.45, 2.75) is 32.2 Å².